The second-order valence-corrected chi connectivity index (χ2v) is 5.06. The second kappa shape index (κ2) is 6.60. The maximum Gasteiger partial charge on any atom is 0.119 e. The highest BCUT2D eigenvalue weighted by Crippen LogP contribution is 2.25. The zero-order valence-corrected chi connectivity index (χ0v) is 12.3. The van der Waals surface area contributed by atoms with Crippen molar-refractivity contribution in [1.82, 2.24) is 0 Å². The van der Waals surface area contributed by atoms with Crippen molar-refractivity contribution in [3.63, 3.8) is 0 Å². The van der Waals surface area contributed by atoms with E-state index in [1.807, 2.05) is 49.4 Å². The number of methoxy groups -OCH3 is 1. The summed E-state index contributed by atoms with van der Waals surface area (Å²) in [5, 5.41) is 11.0. The second-order valence-electron chi connectivity index (χ2n) is 4.62. The molecular weight excluding hydrogens is 272 g/mol. The summed E-state index contributed by atoms with van der Waals surface area (Å²) in [6.45, 7) is 1.90. The summed E-state index contributed by atoms with van der Waals surface area (Å²) in [6.07, 6.45) is 1.31. The topological polar surface area (TPSA) is 29.5 Å². The summed E-state index contributed by atoms with van der Waals surface area (Å²) >= 11 is 5.85. The third-order valence-electron chi connectivity index (χ3n) is 3.11. The minimum Gasteiger partial charge on any atom is -0.497 e. The average molecular weight is 289 g/mol. The number of aliphatic hydroxyl groups is 1. The van der Waals surface area contributed by atoms with Crippen molar-refractivity contribution in [3.05, 3.63) is 70.3 Å². The molecule has 0 aliphatic rings. The van der Waals surface area contributed by atoms with Crippen molar-refractivity contribution >= 4 is 17.7 Å². The number of ether oxygens (including phenoxy) is 1. The molecule has 20 heavy (non-hydrogen) atoms. The van der Waals surface area contributed by atoms with Crippen LogP contribution in [0.4, 0.5) is 0 Å². The summed E-state index contributed by atoms with van der Waals surface area (Å²) in [7, 11) is 1.64. The van der Waals surface area contributed by atoms with Crippen molar-refractivity contribution in [2.45, 2.75) is 13.0 Å². The van der Waals surface area contributed by atoms with Crippen molar-refractivity contribution in [1.29, 1.82) is 0 Å². The van der Waals surface area contributed by atoms with Crippen LogP contribution in [0.25, 0.3) is 6.08 Å². The first kappa shape index (κ1) is 14.6. The molecule has 3 heteroatoms. The van der Waals surface area contributed by atoms with Gasteiger partial charge in [0.15, 0.2) is 0 Å². The highest BCUT2D eigenvalue weighted by molar-refractivity contribution is 6.30. The van der Waals surface area contributed by atoms with Crippen molar-refractivity contribution in [2.75, 3.05) is 7.11 Å². The lowest BCUT2D eigenvalue weighted by molar-refractivity contribution is 0.217. The standard InChI is InChI=1S/C17H17ClO2/c1-12(10-13-4-3-5-16(11-13)20-2)17(19)14-6-8-15(18)9-7-14/h3-11,17,19H,1-2H3/b12-10+/t17-/m1/s1. The molecule has 0 saturated carbocycles. The number of benzene rings is 2. The first-order valence-electron chi connectivity index (χ1n) is 6.36. The molecule has 0 spiro atoms. The number of aliphatic hydroxyl groups excluding tert-OH is 1. The van der Waals surface area contributed by atoms with E-state index in [9.17, 15) is 5.11 Å². The Balaban J connectivity index is 2.22. The Labute approximate surface area is 124 Å². The van der Waals surface area contributed by atoms with Crippen LogP contribution in [-0.4, -0.2) is 12.2 Å². The minimum atomic E-state index is -0.640. The molecule has 0 bridgehead atoms. The molecule has 0 aliphatic heterocycles. The highest BCUT2D eigenvalue weighted by atomic mass is 35.5. The van der Waals surface area contributed by atoms with E-state index in [-0.39, 0.29) is 0 Å². The van der Waals surface area contributed by atoms with Crippen LogP contribution in [0, 0.1) is 0 Å². The van der Waals surface area contributed by atoms with E-state index in [2.05, 4.69) is 0 Å². The van der Waals surface area contributed by atoms with Crippen LogP contribution in [0.15, 0.2) is 54.1 Å². The number of halogens is 1. The largest absolute Gasteiger partial charge is 0.497 e. The van der Waals surface area contributed by atoms with Gasteiger partial charge in [-0.05, 0) is 47.9 Å². The first-order chi connectivity index (χ1) is 9.60. The number of hydrogen-bond acceptors (Lipinski definition) is 2. The molecule has 0 aromatic heterocycles. The fourth-order valence-corrected chi connectivity index (χ4v) is 2.11. The van der Waals surface area contributed by atoms with Gasteiger partial charge in [-0.1, -0.05) is 41.9 Å². The normalized spacial score (nSPS) is 13.1. The Morgan fingerprint density at radius 2 is 1.90 bits per heavy atom. The predicted octanol–water partition coefficient (Wildman–Crippen LogP) is 4.49. The van der Waals surface area contributed by atoms with Gasteiger partial charge >= 0.3 is 0 Å². The van der Waals surface area contributed by atoms with E-state index in [1.165, 1.54) is 0 Å². The SMILES string of the molecule is COc1cccc(/C=C(\C)[C@@H](O)c2ccc(Cl)cc2)c1. The third-order valence-corrected chi connectivity index (χ3v) is 3.36. The monoisotopic (exact) mass is 288 g/mol. The molecule has 2 rings (SSSR count). The fourth-order valence-electron chi connectivity index (χ4n) is 1.98. The summed E-state index contributed by atoms with van der Waals surface area (Å²) in [6, 6.07) is 14.9. The molecule has 104 valence electrons. The van der Waals surface area contributed by atoms with Crippen LogP contribution < -0.4 is 4.74 Å². The van der Waals surface area contributed by atoms with E-state index >= 15 is 0 Å². The predicted molar refractivity (Wildman–Crippen MR) is 83.1 cm³/mol. The molecule has 0 fully saturated rings. The van der Waals surface area contributed by atoms with Gasteiger partial charge in [-0.3, -0.25) is 0 Å². The Kier molecular flexibility index (Phi) is 4.83. The molecule has 0 amide bonds. The molecule has 1 N–H and O–H groups in total. The van der Waals surface area contributed by atoms with Crippen molar-refractivity contribution in [3.8, 4) is 5.75 Å². The van der Waals surface area contributed by atoms with Crippen molar-refractivity contribution < 1.29 is 9.84 Å². The molecule has 0 aliphatic carbocycles. The van der Waals surface area contributed by atoms with E-state index < -0.39 is 6.10 Å². The van der Waals surface area contributed by atoms with E-state index in [0.717, 1.165) is 22.4 Å². The molecule has 0 saturated heterocycles. The van der Waals surface area contributed by atoms with Crippen LogP contribution >= 0.6 is 11.6 Å². The maximum atomic E-state index is 10.3. The Morgan fingerprint density at radius 3 is 2.55 bits per heavy atom. The zero-order chi connectivity index (χ0) is 14.5. The zero-order valence-electron chi connectivity index (χ0n) is 11.5. The lowest BCUT2D eigenvalue weighted by Gasteiger charge is -2.12. The molecule has 0 unspecified atom stereocenters. The highest BCUT2D eigenvalue weighted by Gasteiger charge is 2.09. The minimum absolute atomic E-state index is 0.640. The fraction of sp³-hybridized carbons (Fsp3) is 0.176. The van der Waals surface area contributed by atoms with Gasteiger partial charge in [-0.2, -0.15) is 0 Å². The van der Waals surface area contributed by atoms with Crippen LogP contribution in [0.5, 0.6) is 5.75 Å². The Hall–Kier alpha value is -1.77. The molecule has 1 atom stereocenters. The van der Waals surface area contributed by atoms with Gasteiger partial charge in [-0.25, -0.2) is 0 Å². The summed E-state index contributed by atoms with van der Waals surface area (Å²) in [5.41, 5.74) is 2.68. The van der Waals surface area contributed by atoms with E-state index in [0.29, 0.717) is 5.02 Å². The van der Waals surface area contributed by atoms with Crippen LogP contribution in [0.2, 0.25) is 5.02 Å². The average Bonchev–Trinajstić information content (AvgIpc) is 2.47. The quantitative estimate of drug-likeness (QED) is 0.898. The van der Waals surface area contributed by atoms with Gasteiger partial charge in [-0.15, -0.1) is 0 Å². The summed E-state index contributed by atoms with van der Waals surface area (Å²) < 4.78 is 5.19. The molecule has 2 aromatic carbocycles. The third kappa shape index (κ3) is 3.62. The Bertz CT molecular complexity index is 603. The van der Waals surface area contributed by atoms with Crippen molar-refractivity contribution in [2.24, 2.45) is 0 Å². The maximum absolute atomic E-state index is 10.3. The van der Waals surface area contributed by atoms with Gasteiger partial charge in [0, 0.05) is 5.02 Å². The van der Waals surface area contributed by atoms with Crippen LogP contribution in [-0.2, 0) is 0 Å². The van der Waals surface area contributed by atoms with E-state index in [1.54, 1.807) is 19.2 Å². The van der Waals surface area contributed by atoms with Crippen LogP contribution in [0.3, 0.4) is 0 Å². The molecule has 2 nitrogen and oxygen atoms in total. The van der Waals surface area contributed by atoms with Gasteiger partial charge in [0.05, 0.1) is 7.11 Å². The molecule has 0 radical (unpaired) electrons. The summed E-state index contributed by atoms with van der Waals surface area (Å²) in [4.78, 5) is 0. The number of rotatable bonds is 4. The number of hydrogen-bond donors (Lipinski definition) is 1. The van der Waals surface area contributed by atoms with Gasteiger partial charge < -0.3 is 9.84 Å². The van der Waals surface area contributed by atoms with Crippen LogP contribution in [0.1, 0.15) is 24.2 Å². The first-order valence-corrected chi connectivity index (χ1v) is 6.73. The van der Waals surface area contributed by atoms with E-state index in [4.69, 9.17) is 16.3 Å². The smallest absolute Gasteiger partial charge is 0.119 e. The lowest BCUT2D eigenvalue weighted by atomic mass is 10.0. The Morgan fingerprint density at radius 1 is 1.20 bits per heavy atom. The molecule has 2 aromatic rings. The summed E-state index contributed by atoms with van der Waals surface area (Å²) in [5.74, 6) is 0.799. The van der Waals surface area contributed by atoms with Gasteiger partial charge in [0.25, 0.3) is 0 Å². The molecule has 0 heterocycles. The molecular formula is C17H17ClO2. The van der Waals surface area contributed by atoms with Gasteiger partial charge in [0.2, 0.25) is 0 Å². The lowest BCUT2D eigenvalue weighted by Crippen LogP contribution is -1.98. The van der Waals surface area contributed by atoms with Gasteiger partial charge in [0.1, 0.15) is 11.9 Å².